The number of allylic oxidation sites excluding steroid dienone is 1. The summed E-state index contributed by atoms with van der Waals surface area (Å²) >= 11 is 0. The molecule has 5 rings (SSSR count). The molecule has 28 heavy (non-hydrogen) atoms. The van der Waals surface area contributed by atoms with Crippen LogP contribution in [0.2, 0.25) is 5.31 Å². The Bertz CT molecular complexity index is 1090. The van der Waals surface area contributed by atoms with Gasteiger partial charge in [-0.2, -0.15) is 0 Å². The average molecular weight is 372 g/mol. The summed E-state index contributed by atoms with van der Waals surface area (Å²) in [4.78, 5) is 4.93. The Morgan fingerprint density at radius 3 is 2.43 bits per heavy atom. The Morgan fingerprint density at radius 1 is 1.07 bits per heavy atom. The van der Waals surface area contributed by atoms with Crippen LogP contribution < -0.4 is 14.4 Å². The fourth-order valence-electron chi connectivity index (χ4n) is 5.78. The number of hydrogen-bond acceptors (Lipinski definition) is 3. The number of aromatic nitrogens is 1. The number of fused-ring (bicyclic) bond motifs is 7. The van der Waals surface area contributed by atoms with Gasteiger partial charge in [-0.05, 0) is 50.2 Å². The first-order valence-corrected chi connectivity index (χ1v) is 10.2. The van der Waals surface area contributed by atoms with Crippen molar-refractivity contribution in [2.24, 2.45) is 0 Å². The Hall–Kier alpha value is -2.69. The number of anilines is 3. The van der Waals surface area contributed by atoms with Crippen LogP contribution in [0.1, 0.15) is 33.6 Å². The van der Waals surface area contributed by atoms with Gasteiger partial charge < -0.3 is 4.81 Å². The van der Waals surface area contributed by atoms with Crippen molar-refractivity contribution >= 4 is 35.1 Å². The summed E-state index contributed by atoms with van der Waals surface area (Å²) in [6.45, 7) is 11.4. The highest BCUT2D eigenvalue weighted by atomic mass is 16.5. The van der Waals surface area contributed by atoms with Crippen molar-refractivity contribution in [1.82, 2.24) is 0 Å². The van der Waals surface area contributed by atoms with Crippen molar-refractivity contribution in [2.75, 3.05) is 16.7 Å². The van der Waals surface area contributed by atoms with E-state index in [9.17, 15) is 0 Å². The van der Waals surface area contributed by atoms with Gasteiger partial charge in [-0.1, -0.05) is 56.4 Å². The fourth-order valence-corrected chi connectivity index (χ4v) is 5.78. The minimum absolute atomic E-state index is 0.0944. The SMILES string of the molecule is C=CC1(CC)[n+]2oc3ccccc3c2N2B(N(C)c3ccccc32)C1(C)CC. The van der Waals surface area contributed by atoms with E-state index in [4.69, 9.17) is 4.52 Å². The van der Waals surface area contributed by atoms with E-state index >= 15 is 0 Å². The molecule has 5 heteroatoms. The second kappa shape index (κ2) is 5.66. The summed E-state index contributed by atoms with van der Waals surface area (Å²) in [5.74, 6) is 1.13. The van der Waals surface area contributed by atoms with Gasteiger partial charge in [0.15, 0.2) is 11.1 Å². The number of benzene rings is 2. The molecule has 0 bridgehead atoms. The van der Waals surface area contributed by atoms with E-state index in [0.717, 1.165) is 29.6 Å². The van der Waals surface area contributed by atoms with Crippen LogP contribution in [0.5, 0.6) is 0 Å². The van der Waals surface area contributed by atoms with E-state index < -0.39 is 0 Å². The van der Waals surface area contributed by atoms with E-state index in [0.29, 0.717) is 0 Å². The van der Waals surface area contributed by atoms with E-state index in [-0.39, 0.29) is 17.8 Å². The van der Waals surface area contributed by atoms with E-state index in [1.807, 2.05) is 6.07 Å². The van der Waals surface area contributed by atoms with Crippen molar-refractivity contribution in [3.63, 3.8) is 0 Å². The molecule has 0 saturated heterocycles. The molecule has 0 radical (unpaired) electrons. The van der Waals surface area contributed by atoms with Crippen LogP contribution in [-0.2, 0) is 5.54 Å². The molecule has 2 aromatic carbocycles. The third-order valence-electron chi connectivity index (χ3n) is 7.40. The molecule has 0 fully saturated rings. The molecule has 2 aliphatic heterocycles. The standard InChI is InChI=1S/C23H27BN3O/c1-6-22(4)23(7-2,8-3)27-21(17-13-9-12-16-20(17)28-27)26-19-15-11-10-14-18(19)25(5)24(22)26/h7,9-16H,2,6,8H2,1,3-5H3/q+1. The summed E-state index contributed by atoms with van der Waals surface area (Å²) in [5, 5.41) is 1.05. The first-order chi connectivity index (χ1) is 13.5. The molecule has 2 unspecified atom stereocenters. The Kier molecular flexibility index (Phi) is 3.52. The number of para-hydroxylation sites is 3. The number of nitrogens with zero attached hydrogens (tertiary/aromatic N) is 3. The summed E-state index contributed by atoms with van der Waals surface area (Å²) in [5.41, 5.74) is 3.11. The molecular formula is C23H27BN3O+. The van der Waals surface area contributed by atoms with Gasteiger partial charge in [-0.25, -0.2) is 0 Å². The summed E-state index contributed by atoms with van der Waals surface area (Å²) in [6.07, 6.45) is 4.05. The maximum Gasteiger partial charge on any atom is 0.513 e. The summed E-state index contributed by atoms with van der Waals surface area (Å²) in [6, 6.07) is 17.1. The molecule has 3 heterocycles. The van der Waals surface area contributed by atoms with E-state index in [1.54, 1.807) is 0 Å². The van der Waals surface area contributed by atoms with Gasteiger partial charge in [0, 0.05) is 0 Å². The number of rotatable bonds is 3. The Morgan fingerprint density at radius 2 is 1.75 bits per heavy atom. The molecule has 2 aliphatic rings. The number of hydrogen-bond donors (Lipinski definition) is 0. The molecule has 0 saturated carbocycles. The van der Waals surface area contributed by atoms with E-state index in [2.05, 4.69) is 97.3 Å². The van der Waals surface area contributed by atoms with Crippen LogP contribution in [0.15, 0.2) is 65.7 Å². The highest BCUT2D eigenvalue weighted by Crippen LogP contribution is 2.60. The van der Waals surface area contributed by atoms with Crippen molar-refractivity contribution in [3.8, 4) is 0 Å². The zero-order valence-electron chi connectivity index (χ0n) is 17.1. The minimum atomic E-state index is -0.312. The average Bonchev–Trinajstić information content (AvgIpc) is 3.25. The summed E-state index contributed by atoms with van der Waals surface area (Å²) < 4.78 is 8.68. The quantitative estimate of drug-likeness (QED) is 0.355. The Balaban J connectivity index is 1.95. The van der Waals surface area contributed by atoms with Gasteiger partial charge in [0.1, 0.15) is 11.1 Å². The lowest BCUT2D eigenvalue weighted by molar-refractivity contribution is -0.897. The van der Waals surface area contributed by atoms with Gasteiger partial charge in [0.25, 0.3) is 0 Å². The lowest BCUT2D eigenvalue weighted by Gasteiger charge is -2.48. The molecular weight excluding hydrogens is 345 g/mol. The van der Waals surface area contributed by atoms with Crippen LogP contribution in [0.4, 0.5) is 17.2 Å². The predicted octanol–water partition coefficient (Wildman–Crippen LogP) is 5.27. The minimum Gasteiger partial charge on any atom is -0.373 e. The Labute approximate surface area is 167 Å². The van der Waals surface area contributed by atoms with Gasteiger partial charge in [-0.15, -0.1) is 0 Å². The molecule has 142 valence electrons. The zero-order chi connectivity index (χ0) is 19.7. The first-order valence-electron chi connectivity index (χ1n) is 10.2. The fraction of sp³-hybridized carbons (Fsp3) is 0.348. The highest BCUT2D eigenvalue weighted by molar-refractivity contribution is 6.74. The molecule has 0 aliphatic carbocycles. The second-order valence-electron chi connectivity index (χ2n) is 8.30. The topological polar surface area (TPSA) is 23.5 Å². The van der Waals surface area contributed by atoms with Gasteiger partial charge in [0.05, 0.1) is 11.0 Å². The van der Waals surface area contributed by atoms with Crippen LogP contribution in [0.3, 0.4) is 0 Å². The van der Waals surface area contributed by atoms with E-state index in [1.165, 1.54) is 11.4 Å². The maximum absolute atomic E-state index is 6.53. The predicted molar refractivity (Wildman–Crippen MR) is 116 cm³/mol. The summed E-state index contributed by atoms with van der Waals surface area (Å²) in [7, 11) is 2.22. The monoisotopic (exact) mass is 372 g/mol. The van der Waals surface area contributed by atoms with Crippen molar-refractivity contribution < 1.29 is 9.26 Å². The largest absolute Gasteiger partial charge is 0.513 e. The molecule has 4 nitrogen and oxygen atoms in total. The highest BCUT2D eigenvalue weighted by Gasteiger charge is 2.72. The third-order valence-corrected chi connectivity index (χ3v) is 7.40. The van der Waals surface area contributed by atoms with Crippen LogP contribution >= 0.6 is 0 Å². The molecule has 3 aromatic rings. The van der Waals surface area contributed by atoms with Gasteiger partial charge in [-0.3, -0.25) is 9.33 Å². The van der Waals surface area contributed by atoms with Crippen LogP contribution in [0.25, 0.3) is 11.0 Å². The lowest BCUT2D eigenvalue weighted by Crippen LogP contribution is -2.74. The van der Waals surface area contributed by atoms with Gasteiger partial charge in [0.2, 0.25) is 0 Å². The van der Waals surface area contributed by atoms with Crippen molar-refractivity contribution in [2.45, 2.75) is 44.5 Å². The molecule has 0 amide bonds. The van der Waals surface area contributed by atoms with Crippen molar-refractivity contribution in [1.29, 1.82) is 0 Å². The lowest BCUT2D eigenvalue weighted by atomic mass is 9.39. The van der Waals surface area contributed by atoms with Crippen LogP contribution in [-0.4, -0.2) is 14.0 Å². The maximum atomic E-state index is 6.53. The normalized spacial score (nSPS) is 25.6. The molecule has 0 spiro atoms. The van der Waals surface area contributed by atoms with Gasteiger partial charge >= 0.3 is 12.8 Å². The van der Waals surface area contributed by atoms with Crippen molar-refractivity contribution in [3.05, 3.63) is 61.2 Å². The third kappa shape index (κ3) is 1.76. The molecule has 1 aromatic heterocycles. The molecule has 2 atom stereocenters. The first kappa shape index (κ1) is 17.4. The second-order valence-corrected chi connectivity index (χ2v) is 8.30. The zero-order valence-corrected chi connectivity index (χ0v) is 17.1. The van der Waals surface area contributed by atoms with Crippen LogP contribution in [0, 0.1) is 0 Å². The smallest absolute Gasteiger partial charge is 0.373 e. The molecule has 0 N–H and O–H groups in total.